The molecular formula is C29H56O3Si2. The molecule has 1 unspecified atom stereocenters. The molecular weight excluding hydrogens is 452 g/mol. The smallest absolute Gasteiger partial charge is 0.171 e. The van der Waals surface area contributed by atoms with Crippen LogP contribution in [0.4, 0.5) is 0 Å². The summed E-state index contributed by atoms with van der Waals surface area (Å²) in [6.07, 6.45) is 11.3. The summed E-state index contributed by atoms with van der Waals surface area (Å²) in [6, 6.07) is 0. The number of aliphatic hydroxyl groups is 1. The number of hydrogen-bond acceptors (Lipinski definition) is 3. The van der Waals surface area contributed by atoms with E-state index in [-0.39, 0.29) is 10.8 Å². The van der Waals surface area contributed by atoms with Crippen LogP contribution in [-0.2, 0) is 8.85 Å². The van der Waals surface area contributed by atoms with Crippen molar-refractivity contribution in [1.29, 1.82) is 0 Å². The van der Waals surface area contributed by atoms with Crippen LogP contribution in [0.25, 0.3) is 0 Å². The molecule has 2 aliphatic carbocycles. The third-order valence-electron chi connectivity index (χ3n) is 8.28. The Bertz CT molecular complexity index is 688. The van der Waals surface area contributed by atoms with Crippen LogP contribution in [0.1, 0.15) is 80.1 Å². The van der Waals surface area contributed by atoms with E-state index in [2.05, 4.69) is 86.5 Å². The SMILES string of the molecule is C=C1C[C@H]2[C@@H](C=C[C@H](CCCCCO[SiH](C)C)C(C)(C)C)[C@H](C(C)(C)C)C[C@@]2(O[SiH](C)C)C1O. The molecule has 0 aromatic carbocycles. The summed E-state index contributed by atoms with van der Waals surface area (Å²) in [5, 5.41) is 11.3. The van der Waals surface area contributed by atoms with Gasteiger partial charge in [-0.2, -0.15) is 0 Å². The van der Waals surface area contributed by atoms with Gasteiger partial charge in [0.25, 0.3) is 0 Å². The molecule has 0 bridgehead atoms. The number of rotatable bonds is 11. The standard InChI is InChI=1S/C29H56O3Si2/c1-21-19-24-23(25(28(5,6)7)20-29(24,26(21)30)32-34(10)11)17-16-22(27(2,3)4)15-13-12-14-18-31-33(8)9/h16-17,22-26,30,33-34H,1,12-15,18-20H2,2-11H3/t22-,23+,24-,25+,26?,29-/m0/s1. The van der Waals surface area contributed by atoms with Crippen LogP contribution in [0, 0.1) is 34.5 Å². The zero-order valence-electron chi connectivity index (χ0n) is 24.1. The molecule has 1 N–H and O–H groups in total. The molecule has 0 aromatic rings. The Labute approximate surface area is 215 Å². The Kier molecular flexibility index (Phi) is 10.5. The summed E-state index contributed by atoms with van der Waals surface area (Å²) >= 11 is 0. The van der Waals surface area contributed by atoms with Gasteiger partial charge in [-0.1, -0.05) is 73.1 Å². The molecule has 5 heteroatoms. The molecule has 2 rings (SSSR count). The van der Waals surface area contributed by atoms with Crippen LogP contribution in [-0.4, -0.2) is 41.5 Å². The minimum Gasteiger partial charge on any atom is -0.421 e. The van der Waals surface area contributed by atoms with Crippen LogP contribution < -0.4 is 0 Å². The van der Waals surface area contributed by atoms with Gasteiger partial charge in [-0.25, -0.2) is 0 Å². The maximum atomic E-state index is 11.3. The number of unbranched alkanes of at least 4 members (excludes halogenated alkanes) is 2. The summed E-state index contributed by atoms with van der Waals surface area (Å²) in [5.74, 6) is 1.82. The van der Waals surface area contributed by atoms with Crippen molar-refractivity contribution < 1.29 is 14.0 Å². The average molecular weight is 509 g/mol. The monoisotopic (exact) mass is 508 g/mol. The van der Waals surface area contributed by atoms with Gasteiger partial charge in [-0.3, -0.25) is 0 Å². The Hall–Kier alpha value is -0.206. The van der Waals surface area contributed by atoms with Crippen molar-refractivity contribution in [3.8, 4) is 0 Å². The predicted molar refractivity (Wildman–Crippen MR) is 152 cm³/mol. The lowest BCUT2D eigenvalue weighted by atomic mass is 9.71. The minimum absolute atomic E-state index is 0.173. The highest BCUT2D eigenvalue weighted by atomic mass is 28.3. The molecule has 3 nitrogen and oxygen atoms in total. The van der Waals surface area contributed by atoms with Gasteiger partial charge >= 0.3 is 0 Å². The highest BCUT2D eigenvalue weighted by Crippen LogP contribution is 2.61. The highest BCUT2D eigenvalue weighted by molar-refractivity contribution is 6.48. The maximum Gasteiger partial charge on any atom is 0.171 e. The molecule has 2 fully saturated rings. The van der Waals surface area contributed by atoms with Crippen LogP contribution in [0.2, 0.25) is 26.2 Å². The fourth-order valence-electron chi connectivity index (χ4n) is 6.43. The largest absolute Gasteiger partial charge is 0.421 e. The van der Waals surface area contributed by atoms with Gasteiger partial charge < -0.3 is 14.0 Å². The van der Waals surface area contributed by atoms with Gasteiger partial charge in [0.05, 0.1) is 5.60 Å². The Morgan fingerprint density at radius 1 is 1.06 bits per heavy atom. The number of fused-ring (bicyclic) bond motifs is 1. The zero-order valence-corrected chi connectivity index (χ0v) is 26.4. The van der Waals surface area contributed by atoms with E-state index in [4.69, 9.17) is 8.85 Å². The molecule has 6 atom stereocenters. The third kappa shape index (κ3) is 7.41. The molecule has 0 radical (unpaired) electrons. The van der Waals surface area contributed by atoms with Crippen LogP contribution in [0.5, 0.6) is 0 Å². The van der Waals surface area contributed by atoms with Crippen molar-refractivity contribution in [2.24, 2.45) is 34.5 Å². The molecule has 2 aliphatic rings. The van der Waals surface area contributed by atoms with E-state index in [1.54, 1.807) is 0 Å². The van der Waals surface area contributed by atoms with Crippen molar-refractivity contribution in [3.63, 3.8) is 0 Å². The second-order valence-electron chi connectivity index (χ2n) is 13.9. The van der Waals surface area contributed by atoms with Crippen molar-refractivity contribution in [3.05, 3.63) is 24.3 Å². The van der Waals surface area contributed by atoms with Crippen molar-refractivity contribution in [2.75, 3.05) is 6.61 Å². The molecule has 0 aromatic heterocycles. The van der Waals surface area contributed by atoms with Gasteiger partial charge in [0.1, 0.15) is 6.10 Å². The summed E-state index contributed by atoms with van der Waals surface area (Å²) in [5.41, 5.74) is 0.961. The van der Waals surface area contributed by atoms with Crippen molar-refractivity contribution >= 4 is 18.1 Å². The molecule has 34 heavy (non-hydrogen) atoms. The first-order chi connectivity index (χ1) is 15.6. The van der Waals surface area contributed by atoms with E-state index >= 15 is 0 Å². The molecule has 0 heterocycles. The van der Waals surface area contributed by atoms with E-state index in [0.29, 0.717) is 23.7 Å². The lowest BCUT2D eigenvalue weighted by Crippen LogP contribution is -2.46. The van der Waals surface area contributed by atoms with Crippen molar-refractivity contribution in [2.45, 2.75) is 118 Å². The Morgan fingerprint density at radius 2 is 1.71 bits per heavy atom. The summed E-state index contributed by atoms with van der Waals surface area (Å²) < 4.78 is 12.6. The normalized spacial score (nSPS) is 31.3. The van der Waals surface area contributed by atoms with Crippen LogP contribution in [0.3, 0.4) is 0 Å². The van der Waals surface area contributed by atoms with E-state index < -0.39 is 29.8 Å². The molecule has 2 saturated carbocycles. The lowest BCUT2D eigenvalue weighted by molar-refractivity contribution is -0.0445. The summed E-state index contributed by atoms with van der Waals surface area (Å²) in [4.78, 5) is 0. The molecule has 0 saturated heterocycles. The topological polar surface area (TPSA) is 38.7 Å². The fourth-order valence-corrected chi connectivity index (χ4v) is 8.35. The van der Waals surface area contributed by atoms with Gasteiger partial charge in [0.2, 0.25) is 0 Å². The second-order valence-corrected chi connectivity index (χ2v) is 18.6. The summed E-state index contributed by atoms with van der Waals surface area (Å²) in [7, 11) is -2.20. The summed E-state index contributed by atoms with van der Waals surface area (Å²) in [6.45, 7) is 28.4. The van der Waals surface area contributed by atoms with Gasteiger partial charge in [0, 0.05) is 6.61 Å². The fraction of sp³-hybridized carbons (Fsp3) is 0.862. The zero-order chi connectivity index (χ0) is 25.9. The molecule has 198 valence electrons. The first kappa shape index (κ1) is 30.0. The first-order valence-corrected chi connectivity index (χ1v) is 19.5. The Balaban J connectivity index is 2.21. The van der Waals surface area contributed by atoms with E-state index in [1.165, 1.54) is 25.7 Å². The maximum absolute atomic E-state index is 11.3. The quantitative estimate of drug-likeness (QED) is 0.183. The number of aliphatic hydroxyl groups excluding tert-OH is 1. The van der Waals surface area contributed by atoms with E-state index in [9.17, 15) is 5.11 Å². The van der Waals surface area contributed by atoms with Gasteiger partial charge in [-0.15, -0.1) is 0 Å². The molecule has 0 aliphatic heterocycles. The van der Waals surface area contributed by atoms with Gasteiger partial charge in [0.15, 0.2) is 18.1 Å². The molecule has 0 amide bonds. The van der Waals surface area contributed by atoms with Crippen LogP contribution in [0.15, 0.2) is 24.3 Å². The highest BCUT2D eigenvalue weighted by Gasteiger charge is 2.63. The average Bonchev–Trinajstić information content (AvgIpc) is 3.10. The van der Waals surface area contributed by atoms with E-state index in [0.717, 1.165) is 25.0 Å². The predicted octanol–water partition coefficient (Wildman–Crippen LogP) is 7.12. The number of allylic oxidation sites excluding steroid dienone is 2. The Morgan fingerprint density at radius 3 is 2.24 bits per heavy atom. The van der Waals surface area contributed by atoms with Gasteiger partial charge in [-0.05, 0) is 91.9 Å². The second kappa shape index (κ2) is 11.9. The first-order valence-electron chi connectivity index (χ1n) is 13.9. The van der Waals surface area contributed by atoms with Crippen molar-refractivity contribution in [1.82, 2.24) is 0 Å². The lowest BCUT2D eigenvalue weighted by Gasteiger charge is -2.37. The van der Waals surface area contributed by atoms with E-state index in [1.807, 2.05) is 0 Å². The minimum atomic E-state index is -1.31. The third-order valence-corrected chi connectivity index (χ3v) is 10.1. The molecule has 0 spiro atoms. The van der Waals surface area contributed by atoms with Crippen LogP contribution >= 0.6 is 0 Å². The number of hydrogen-bond donors (Lipinski definition) is 1.